The maximum absolute atomic E-state index is 13.6. The van der Waals surface area contributed by atoms with Crippen molar-refractivity contribution in [1.29, 1.82) is 0 Å². The van der Waals surface area contributed by atoms with Crippen molar-refractivity contribution >= 4 is 51.7 Å². The monoisotopic (exact) mass is 666 g/mol. The number of nitrogens with one attached hydrogen (secondary N) is 1. The summed E-state index contributed by atoms with van der Waals surface area (Å²) in [5.74, 6) is -0.515. The average molecular weight is 667 g/mol. The summed E-state index contributed by atoms with van der Waals surface area (Å²) in [6.07, 6.45) is 5.85. The van der Waals surface area contributed by atoms with Crippen LogP contribution in [0.4, 0.5) is 11.4 Å². The predicted octanol–water partition coefficient (Wildman–Crippen LogP) is 6.12. The van der Waals surface area contributed by atoms with Gasteiger partial charge in [0.2, 0.25) is 11.8 Å². The Labute approximate surface area is 284 Å². The van der Waals surface area contributed by atoms with Crippen LogP contribution in [0.3, 0.4) is 0 Å². The minimum absolute atomic E-state index is 0.0809. The first-order chi connectivity index (χ1) is 23.1. The van der Waals surface area contributed by atoms with E-state index in [4.69, 9.17) is 16.0 Å². The largest absolute Gasteiger partial charge is 0.451 e. The van der Waals surface area contributed by atoms with E-state index < -0.39 is 5.91 Å². The molecular weight excluding hydrogens is 628 g/mol. The van der Waals surface area contributed by atoms with Crippen LogP contribution >= 0.6 is 11.6 Å². The lowest BCUT2D eigenvalue weighted by molar-refractivity contribution is -0.128. The molecule has 248 valence electrons. The minimum Gasteiger partial charge on any atom is -0.451 e. The SMILES string of the molecule is CC(=O)N(C)c1ccc2oc(C(=O)N[C@@H](C=C3CCN(c4ccccc4CN4CCCC4=O)CC3)Cc3ccc(Cl)cc3)cc(=O)c2c1. The molecule has 2 saturated heterocycles. The lowest BCUT2D eigenvalue weighted by Crippen LogP contribution is -2.37. The number of carbonyl (C=O) groups excluding carboxylic acids is 3. The molecule has 48 heavy (non-hydrogen) atoms. The van der Waals surface area contributed by atoms with Crippen LogP contribution in [0.2, 0.25) is 5.02 Å². The number of nitrogens with zero attached hydrogens (tertiary/aromatic N) is 3. The molecular formula is C38H39ClN4O5. The zero-order chi connectivity index (χ0) is 33.8. The third-order valence-corrected chi connectivity index (χ3v) is 9.44. The number of likely N-dealkylation sites (tertiary alicyclic amines) is 1. The Morgan fingerprint density at radius 1 is 0.979 bits per heavy atom. The van der Waals surface area contributed by atoms with Gasteiger partial charge in [-0.1, -0.05) is 53.6 Å². The molecule has 0 unspecified atom stereocenters. The van der Waals surface area contributed by atoms with Crippen LogP contribution in [0.1, 0.15) is 54.3 Å². The van der Waals surface area contributed by atoms with Crippen LogP contribution in [0.15, 0.2) is 93.7 Å². The Morgan fingerprint density at radius 2 is 1.73 bits per heavy atom. The molecule has 1 aromatic heterocycles. The quantitative estimate of drug-likeness (QED) is 0.216. The first kappa shape index (κ1) is 33.0. The van der Waals surface area contributed by atoms with Crippen LogP contribution in [-0.4, -0.2) is 55.3 Å². The van der Waals surface area contributed by atoms with Gasteiger partial charge in [0, 0.05) is 69.0 Å². The second kappa shape index (κ2) is 14.5. The maximum Gasteiger partial charge on any atom is 0.287 e. The number of para-hydroxylation sites is 1. The lowest BCUT2D eigenvalue weighted by Gasteiger charge is -2.33. The number of amides is 3. The molecule has 3 amide bonds. The van der Waals surface area contributed by atoms with Gasteiger partial charge in [-0.25, -0.2) is 0 Å². The van der Waals surface area contributed by atoms with Crippen LogP contribution in [0.5, 0.6) is 0 Å². The number of hydrogen-bond donors (Lipinski definition) is 1. The highest BCUT2D eigenvalue weighted by Gasteiger charge is 2.24. The third-order valence-electron chi connectivity index (χ3n) is 9.19. The van der Waals surface area contributed by atoms with E-state index in [-0.39, 0.29) is 40.0 Å². The molecule has 0 bridgehead atoms. The highest BCUT2D eigenvalue weighted by atomic mass is 35.5. The first-order valence-electron chi connectivity index (χ1n) is 16.3. The summed E-state index contributed by atoms with van der Waals surface area (Å²) in [5.41, 5.74) is 5.02. The van der Waals surface area contributed by atoms with Crippen molar-refractivity contribution in [3.05, 3.63) is 117 Å². The molecule has 0 saturated carbocycles. The van der Waals surface area contributed by atoms with Gasteiger partial charge in [-0.15, -0.1) is 0 Å². The summed E-state index contributed by atoms with van der Waals surface area (Å²) in [6.45, 7) is 4.52. The van der Waals surface area contributed by atoms with Gasteiger partial charge in [0.1, 0.15) is 5.58 Å². The minimum atomic E-state index is -0.488. The second-order valence-electron chi connectivity index (χ2n) is 12.5. The van der Waals surface area contributed by atoms with Crippen LogP contribution in [-0.2, 0) is 22.6 Å². The summed E-state index contributed by atoms with van der Waals surface area (Å²) in [4.78, 5) is 56.5. The second-order valence-corrected chi connectivity index (χ2v) is 12.9. The normalized spacial score (nSPS) is 15.5. The first-order valence-corrected chi connectivity index (χ1v) is 16.7. The standard InChI is InChI=1S/C38H39ClN4O5/c1-25(44)41(2)31-13-14-35-32(22-31)34(45)23-36(48-35)38(47)40-30(20-26-9-11-29(39)12-10-26)21-27-15-18-42(19-16-27)33-7-4-3-6-28(33)24-43-17-5-8-37(43)46/h3-4,6-7,9-14,21-23,30H,5,8,15-20,24H2,1-2H3,(H,40,47)/t30-/m1/s1. The lowest BCUT2D eigenvalue weighted by atomic mass is 9.97. The third kappa shape index (κ3) is 7.63. The van der Waals surface area contributed by atoms with Gasteiger partial charge in [-0.2, -0.15) is 0 Å². The maximum atomic E-state index is 13.6. The van der Waals surface area contributed by atoms with E-state index in [9.17, 15) is 19.2 Å². The van der Waals surface area contributed by atoms with E-state index in [2.05, 4.69) is 28.4 Å². The Kier molecular flexibility index (Phi) is 9.96. The number of halogens is 1. The van der Waals surface area contributed by atoms with Gasteiger partial charge in [0.05, 0.1) is 11.4 Å². The van der Waals surface area contributed by atoms with E-state index in [1.165, 1.54) is 23.5 Å². The smallest absolute Gasteiger partial charge is 0.287 e. The fourth-order valence-electron chi connectivity index (χ4n) is 6.43. The molecule has 0 radical (unpaired) electrons. The van der Waals surface area contributed by atoms with E-state index in [0.717, 1.165) is 55.7 Å². The van der Waals surface area contributed by atoms with Gasteiger partial charge in [-0.3, -0.25) is 19.2 Å². The van der Waals surface area contributed by atoms with Crippen molar-refractivity contribution in [2.45, 2.75) is 51.6 Å². The van der Waals surface area contributed by atoms with Gasteiger partial charge < -0.3 is 24.4 Å². The molecule has 0 spiro atoms. The Bertz CT molecular complexity index is 1930. The average Bonchev–Trinajstić information content (AvgIpc) is 3.49. The number of benzene rings is 3. The Balaban J connectivity index is 1.19. The fraction of sp³-hybridized carbons (Fsp3) is 0.316. The van der Waals surface area contributed by atoms with E-state index >= 15 is 0 Å². The molecule has 10 heteroatoms. The van der Waals surface area contributed by atoms with Crippen LogP contribution in [0.25, 0.3) is 11.0 Å². The Hall–Kier alpha value is -4.89. The molecule has 4 aromatic rings. The summed E-state index contributed by atoms with van der Waals surface area (Å²) in [7, 11) is 1.63. The molecule has 2 fully saturated rings. The highest BCUT2D eigenvalue weighted by Crippen LogP contribution is 2.29. The predicted molar refractivity (Wildman–Crippen MR) is 189 cm³/mol. The number of piperidine rings is 1. The van der Waals surface area contributed by atoms with Crippen LogP contribution in [0, 0.1) is 0 Å². The molecule has 3 heterocycles. The van der Waals surface area contributed by atoms with Crippen molar-refractivity contribution in [2.24, 2.45) is 0 Å². The van der Waals surface area contributed by atoms with Gasteiger partial charge in [-0.05, 0) is 73.2 Å². The van der Waals surface area contributed by atoms with E-state index in [1.54, 1.807) is 25.2 Å². The van der Waals surface area contributed by atoms with Gasteiger partial charge in [0.15, 0.2) is 11.2 Å². The van der Waals surface area contributed by atoms with Crippen molar-refractivity contribution in [3.8, 4) is 0 Å². The number of rotatable bonds is 9. The molecule has 2 aliphatic heterocycles. The number of fused-ring (bicyclic) bond motifs is 1. The summed E-state index contributed by atoms with van der Waals surface area (Å²) in [5, 5.41) is 4.02. The van der Waals surface area contributed by atoms with E-state index in [1.807, 2.05) is 41.3 Å². The van der Waals surface area contributed by atoms with Crippen LogP contribution < -0.4 is 20.5 Å². The van der Waals surface area contributed by atoms with Gasteiger partial charge in [0.25, 0.3) is 5.91 Å². The van der Waals surface area contributed by atoms with Crippen molar-refractivity contribution in [1.82, 2.24) is 10.2 Å². The Morgan fingerprint density at radius 3 is 2.44 bits per heavy atom. The van der Waals surface area contributed by atoms with Crippen molar-refractivity contribution < 1.29 is 18.8 Å². The molecule has 2 aliphatic rings. The molecule has 1 atom stereocenters. The number of anilines is 2. The zero-order valence-electron chi connectivity index (χ0n) is 27.2. The van der Waals surface area contributed by atoms with Crippen molar-refractivity contribution in [2.75, 3.05) is 36.5 Å². The topological polar surface area (TPSA) is 103 Å². The van der Waals surface area contributed by atoms with E-state index in [0.29, 0.717) is 30.1 Å². The molecule has 3 aromatic carbocycles. The number of carbonyl (C=O) groups is 3. The zero-order valence-corrected chi connectivity index (χ0v) is 28.0. The molecule has 9 nitrogen and oxygen atoms in total. The fourth-order valence-corrected chi connectivity index (χ4v) is 6.55. The molecule has 1 N–H and O–H groups in total. The summed E-state index contributed by atoms with van der Waals surface area (Å²) < 4.78 is 5.90. The van der Waals surface area contributed by atoms with Crippen molar-refractivity contribution in [3.63, 3.8) is 0 Å². The molecule has 6 rings (SSSR count). The summed E-state index contributed by atoms with van der Waals surface area (Å²) >= 11 is 6.14. The molecule has 0 aliphatic carbocycles. The number of hydrogen-bond acceptors (Lipinski definition) is 6. The highest BCUT2D eigenvalue weighted by molar-refractivity contribution is 6.30. The van der Waals surface area contributed by atoms with Gasteiger partial charge >= 0.3 is 0 Å². The summed E-state index contributed by atoms with van der Waals surface area (Å²) in [6, 6.07) is 21.6.